The van der Waals surface area contributed by atoms with Gasteiger partial charge in [-0.25, -0.2) is 9.97 Å². The molecular weight excluding hydrogens is 358 g/mol. The number of rotatable bonds is 5. The van der Waals surface area contributed by atoms with Crippen molar-refractivity contribution in [1.82, 2.24) is 19.9 Å². The molecule has 0 aliphatic carbocycles. The lowest BCUT2D eigenvalue weighted by atomic mass is 10.2. The minimum atomic E-state index is 0.705. The zero-order valence-electron chi connectivity index (χ0n) is 17.1. The van der Waals surface area contributed by atoms with E-state index in [1.807, 2.05) is 24.3 Å². The van der Waals surface area contributed by atoms with Gasteiger partial charge in [0.2, 0.25) is 0 Å². The van der Waals surface area contributed by atoms with Gasteiger partial charge in [0.25, 0.3) is 0 Å². The molecule has 0 unspecified atom stereocenters. The zero-order valence-corrected chi connectivity index (χ0v) is 17.1. The molecule has 29 heavy (non-hydrogen) atoms. The Balaban J connectivity index is 1.42. The molecule has 4 rings (SSSR count). The van der Waals surface area contributed by atoms with Crippen LogP contribution in [0.3, 0.4) is 0 Å². The van der Waals surface area contributed by atoms with E-state index in [4.69, 9.17) is 4.98 Å². The number of aryl methyl sites for hydroxylation is 1. The van der Waals surface area contributed by atoms with E-state index >= 15 is 0 Å². The number of piperazine rings is 1. The van der Waals surface area contributed by atoms with E-state index in [0.717, 1.165) is 55.5 Å². The van der Waals surface area contributed by atoms with Crippen LogP contribution in [-0.2, 0) is 0 Å². The molecule has 1 saturated heterocycles. The second-order valence-electron chi connectivity index (χ2n) is 7.40. The molecule has 0 N–H and O–H groups in total. The summed E-state index contributed by atoms with van der Waals surface area (Å²) in [5, 5.41) is 0. The lowest BCUT2D eigenvalue weighted by molar-refractivity contribution is 0.283. The fraction of sp³-hybridized carbons (Fsp3) is 0.292. The van der Waals surface area contributed by atoms with Crippen LogP contribution in [0.15, 0.2) is 60.8 Å². The van der Waals surface area contributed by atoms with Gasteiger partial charge in [0.15, 0.2) is 5.82 Å². The van der Waals surface area contributed by atoms with Crippen molar-refractivity contribution in [2.75, 3.05) is 37.6 Å². The first-order chi connectivity index (χ1) is 14.2. The predicted molar refractivity (Wildman–Crippen MR) is 119 cm³/mol. The molecular formula is C24H27N5. The van der Waals surface area contributed by atoms with Gasteiger partial charge in [0.1, 0.15) is 11.5 Å². The highest BCUT2D eigenvalue weighted by atomic mass is 15.3. The number of pyridine rings is 1. The summed E-state index contributed by atoms with van der Waals surface area (Å²) in [6, 6.07) is 16.3. The molecule has 2 aromatic heterocycles. The fourth-order valence-electron chi connectivity index (χ4n) is 3.58. The topological polar surface area (TPSA) is 45.2 Å². The molecule has 1 aromatic carbocycles. The smallest absolute Gasteiger partial charge is 0.180 e. The highest BCUT2D eigenvalue weighted by Gasteiger charge is 2.21. The largest absolute Gasteiger partial charge is 0.354 e. The van der Waals surface area contributed by atoms with Gasteiger partial charge in [0.05, 0.1) is 0 Å². The molecule has 0 radical (unpaired) electrons. The maximum absolute atomic E-state index is 4.87. The van der Waals surface area contributed by atoms with Crippen molar-refractivity contribution in [3.05, 3.63) is 77.6 Å². The van der Waals surface area contributed by atoms with Crippen LogP contribution in [0.5, 0.6) is 0 Å². The summed E-state index contributed by atoms with van der Waals surface area (Å²) in [6.45, 7) is 9.14. The van der Waals surface area contributed by atoms with E-state index in [1.165, 1.54) is 5.56 Å². The number of anilines is 1. The lowest BCUT2D eigenvalue weighted by Crippen LogP contribution is -2.47. The molecule has 5 heteroatoms. The Bertz CT molecular complexity index is 961. The van der Waals surface area contributed by atoms with Gasteiger partial charge in [-0.2, -0.15) is 0 Å². The van der Waals surface area contributed by atoms with E-state index in [9.17, 15) is 0 Å². The summed E-state index contributed by atoms with van der Waals surface area (Å²) in [6.07, 6.45) is 6.24. The van der Waals surface area contributed by atoms with Crippen molar-refractivity contribution in [3.63, 3.8) is 0 Å². The molecule has 0 spiro atoms. The standard InChI is InChI=1S/C24H27N5/c1-19-20(2)26-23(22-12-6-7-13-25-22)27-24(19)29-17-15-28(16-18-29)14-8-11-21-9-4-3-5-10-21/h3-13H,14-18H2,1-2H3/b11-8+. The van der Waals surface area contributed by atoms with E-state index < -0.39 is 0 Å². The molecule has 1 fully saturated rings. The molecule has 5 nitrogen and oxygen atoms in total. The van der Waals surface area contributed by atoms with Gasteiger partial charge in [-0.15, -0.1) is 0 Å². The third kappa shape index (κ3) is 4.69. The van der Waals surface area contributed by atoms with Crippen LogP contribution >= 0.6 is 0 Å². The van der Waals surface area contributed by atoms with Gasteiger partial charge in [-0.05, 0) is 31.5 Å². The summed E-state index contributed by atoms with van der Waals surface area (Å²) < 4.78 is 0. The van der Waals surface area contributed by atoms with Crippen LogP contribution in [0.1, 0.15) is 16.8 Å². The van der Waals surface area contributed by atoms with Crippen molar-refractivity contribution in [1.29, 1.82) is 0 Å². The van der Waals surface area contributed by atoms with E-state index in [2.05, 4.69) is 70.0 Å². The van der Waals surface area contributed by atoms with Crippen LogP contribution in [0.2, 0.25) is 0 Å². The lowest BCUT2D eigenvalue weighted by Gasteiger charge is -2.35. The van der Waals surface area contributed by atoms with Gasteiger partial charge >= 0.3 is 0 Å². The SMILES string of the molecule is Cc1nc(-c2ccccn2)nc(N2CCN(C/C=C/c3ccccc3)CC2)c1C. The zero-order chi connectivity index (χ0) is 20.1. The third-order valence-electron chi connectivity index (χ3n) is 5.40. The predicted octanol–water partition coefficient (Wildman–Crippen LogP) is 3.99. The first kappa shape index (κ1) is 19.3. The molecule has 1 aliphatic heterocycles. The van der Waals surface area contributed by atoms with Crippen LogP contribution in [0.4, 0.5) is 5.82 Å². The first-order valence-electron chi connectivity index (χ1n) is 10.2. The van der Waals surface area contributed by atoms with Gasteiger partial charge in [0, 0.05) is 50.2 Å². The van der Waals surface area contributed by atoms with Crippen LogP contribution in [0, 0.1) is 13.8 Å². The van der Waals surface area contributed by atoms with Gasteiger partial charge in [-0.1, -0.05) is 48.6 Å². The summed E-state index contributed by atoms with van der Waals surface area (Å²) in [7, 11) is 0. The Morgan fingerprint density at radius 3 is 2.38 bits per heavy atom. The summed E-state index contributed by atoms with van der Waals surface area (Å²) in [5.41, 5.74) is 4.24. The van der Waals surface area contributed by atoms with E-state index in [-0.39, 0.29) is 0 Å². The Kier molecular flexibility index (Phi) is 5.96. The summed E-state index contributed by atoms with van der Waals surface area (Å²) in [4.78, 5) is 18.8. The summed E-state index contributed by atoms with van der Waals surface area (Å²) >= 11 is 0. The highest BCUT2D eigenvalue weighted by Crippen LogP contribution is 2.24. The molecule has 3 heterocycles. The molecule has 0 atom stereocenters. The average Bonchev–Trinajstić information content (AvgIpc) is 2.77. The second kappa shape index (κ2) is 8.97. The van der Waals surface area contributed by atoms with Crippen molar-refractivity contribution < 1.29 is 0 Å². The number of hydrogen-bond acceptors (Lipinski definition) is 5. The van der Waals surface area contributed by atoms with Gasteiger partial charge in [-0.3, -0.25) is 9.88 Å². The Labute approximate surface area is 172 Å². The van der Waals surface area contributed by atoms with Crippen molar-refractivity contribution >= 4 is 11.9 Å². The van der Waals surface area contributed by atoms with Crippen molar-refractivity contribution in [2.45, 2.75) is 13.8 Å². The monoisotopic (exact) mass is 385 g/mol. The normalized spacial score (nSPS) is 15.2. The number of aromatic nitrogens is 3. The molecule has 0 amide bonds. The third-order valence-corrected chi connectivity index (χ3v) is 5.40. The van der Waals surface area contributed by atoms with Crippen molar-refractivity contribution in [3.8, 4) is 11.5 Å². The molecule has 3 aromatic rings. The maximum Gasteiger partial charge on any atom is 0.180 e. The molecule has 148 valence electrons. The Hall–Kier alpha value is -3.05. The quantitative estimate of drug-likeness (QED) is 0.664. The molecule has 1 aliphatic rings. The van der Waals surface area contributed by atoms with Gasteiger partial charge < -0.3 is 4.90 Å². The minimum absolute atomic E-state index is 0.705. The average molecular weight is 386 g/mol. The highest BCUT2D eigenvalue weighted by molar-refractivity contribution is 5.57. The van der Waals surface area contributed by atoms with E-state index in [0.29, 0.717) is 5.82 Å². The number of benzene rings is 1. The fourth-order valence-corrected chi connectivity index (χ4v) is 3.58. The van der Waals surface area contributed by atoms with E-state index in [1.54, 1.807) is 6.20 Å². The molecule has 0 saturated carbocycles. The maximum atomic E-state index is 4.87. The Morgan fingerprint density at radius 1 is 0.897 bits per heavy atom. The Morgan fingerprint density at radius 2 is 1.66 bits per heavy atom. The first-order valence-corrected chi connectivity index (χ1v) is 10.2. The van der Waals surface area contributed by atoms with Crippen LogP contribution < -0.4 is 4.90 Å². The summed E-state index contributed by atoms with van der Waals surface area (Å²) in [5.74, 6) is 1.74. The van der Waals surface area contributed by atoms with Crippen LogP contribution in [0.25, 0.3) is 17.6 Å². The number of hydrogen-bond donors (Lipinski definition) is 0. The minimum Gasteiger partial charge on any atom is -0.354 e. The number of nitrogens with zero attached hydrogens (tertiary/aromatic N) is 5. The molecule has 0 bridgehead atoms. The van der Waals surface area contributed by atoms with Crippen molar-refractivity contribution in [2.24, 2.45) is 0 Å². The second-order valence-corrected chi connectivity index (χ2v) is 7.40. The van der Waals surface area contributed by atoms with Crippen LogP contribution in [-0.4, -0.2) is 52.6 Å².